The SMILES string of the molecule is CCOC(=O)c1c(CSc2nnc(CCC(N)=O)n2C)nc2ccccc2c1C. The molecule has 9 heteroatoms. The fourth-order valence-electron chi connectivity index (χ4n) is 3.08. The number of hydrogen-bond acceptors (Lipinski definition) is 7. The second kappa shape index (κ2) is 9.04. The summed E-state index contributed by atoms with van der Waals surface area (Å²) < 4.78 is 7.09. The van der Waals surface area contributed by atoms with Crippen LogP contribution in [0.5, 0.6) is 0 Å². The van der Waals surface area contributed by atoms with Gasteiger partial charge in [-0.3, -0.25) is 9.78 Å². The van der Waals surface area contributed by atoms with Crippen molar-refractivity contribution in [1.29, 1.82) is 0 Å². The number of hydrogen-bond donors (Lipinski definition) is 1. The molecule has 0 unspecified atom stereocenters. The molecule has 2 N–H and O–H groups in total. The molecule has 0 atom stereocenters. The fourth-order valence-corrected chi connectivity index (χ4v) is 3.95. The van der Waals surface area contributed by atoms with Crippen LogP contribution in [0, 0.1) is 6.92 Å². The number of benzene rings is 1. The summed E-state index contributed by atoms with van der Waals surface area (Å²) in [6, 6.07) is 7.72. The maximum Gasteiger partial charge on any atom is 0.340 e. The molecule has 1 amide bonds. The van der Waals surface area contributed by atoms with Gasteiger partial charge in [0.25, 0.3) is 0 Å². The zero-order valence-electron chi connectivity index (χ0n) is 16.6. The molecule has 1 aromatic carbocycles. The Morgan fingerprint density at radius 2 is 2.00 bits per heavy atom. The molecule has 0 bridgehead atoms. The summed E-state index contributed by atoms with van der Waals surface area (Å²) in [7, 11) is 1.84. The van der Waals surface area contributed by atoms with Gasteiger partial charge in [0.1, 0.15) is 5.82 Å². The number of para-hydroxylation sites is 1. The highest BCUT2D eigenvalue weighted by atomic mass is 32.2. The number of carbonyl (C=O) groups excluding carboxylic acids is 2. The molecule has 0 radical (unpaired) electrons. The van der Waals surface area contributed by atoms with E-state index in [2.05, 4.69) is 10.2 Å². The summed E-state index contributed by atoms with van der Waals surface area (Å²) in [5.41, 5.74) is 8.03. The molecular weight excluding hydrogens is 390 g/mol. The van der Waals surface area contributed by atoms with E-state index in [0.717, 1.165) is 16.5 Å². The van der Waals surface area contributed by atoms with E-state index in [1.54, 1.807) is 6.92 Å². The van der Waals surface area contributed by atoms with Crippen molar-refractivity contribution in [3.63, 3.8) is 0 Å². The molecule has 29 heavy (non-hydrogen) atoms. The number of fused-ring (bicyclic) bond motifs is 1. The van der Waals surface area contributed by atoms with Crippen LogP contribution in [-0.4, -0.2) is 38.2 Å². The first-order chi connectivity index (χ1) is 13.9. The highest BCUT2D eigenvalue weighted by molar-refractivity contribution is 7.98. The molecule has 0 saturated carbocycles. The first kappa shape index (κ1) is 20.8. The van der Waals surface area contributed by atoms with E-state index in [4.69, 9.17) is 15.5 Å². The van der Waals surface area contributed by atoms with Gasteiger partial charge in [-0.2, -0.15) is 0 Å². The second-order valence-electron chi connectivity index (χ2n) is 6.51. The van der Waals surface area contributed by atoms with Crippen molar-refractivity contribution in [2.24, 2.45) is 12.8 Å². The second-order valence-corrected chi connectivity index (χ2v) is 7.45. The number of aryl methyl sites for hydroxylation is 2. The van der Waals surface area contributed by atoms with Crippen LogP contribution in [0.3, 0.4) is 0 Å². The molecular formula is C20H23N5O3S. The molecule has 0 fully saturated rings. The lowest BCUT2D eigenvalue weighted by Gasteiger charge is -2.13. The maximum absolute atomic E-state index is 12.6. The molecule has 0 aliphatic heterocycles. The molecule has 2 heterocycles. The third-order valence-corrected chi connectivity index (χ3v) is 5.60. The van der Waals surface area contributed by atoms with Gasteiger partial charge in [-0.1, -0.05) is 30.0 Å². The third-order valence-electron chi connectivity index (χ3n) is 4.56. The predicted octanol–water partition coefficient (Wildman–Crippen LogP) is 2.56. The highest BCUT2D eigenvalue weighted by Gasteiger charge is 2.21. The topological polar surface area (TPSA) is 113 Å². The van der Waals surface area contributed by atoms with E-state index < -0.39 is 0 Å². The molecule has 2 aromatic heterocycles. The maximum atomic E-state index is 12.6. The number of aromatic nitrogens is 4. The Morgan fingerprint density at radius 3 is 2.72 bits per heavy atom. The Hall–Kier alpha value is -2.94. The van der Waals surface area contributed by atoms with E-state index in [1.807, 2.05) is 42.8 Å². The van der Waals surface area contributed by atoms with Crippen molar-refractivity contribution < 1.29 is 14.3 Å². The van der Waals surface area contributed by atoms with Crippen molar-refractivity contribution in [1.82, 2.24) is 19.7 Å². The van der Waals surface area contributed by atoms with Crippen molar-refractivity contribution in [2.45, 2.75) is 37.6 Å². The van der Waals surface area contributed by atoms with Gasteiger partial charge < -0.3 is 15.0 Å². The van der Waals surface area contributed by atoms with Crippen molar-refractivity contribution in [3.8, 4) is 0 Å². The number of thioether (sulfide) groups is 1. The molecule has 0 saturated heterocycles. The molecule has 152 valence electrons. The van der Waals surface area contributed by atoms with Gasteiger partial charge in [0, 0.05) is 31.0 Å². The van der Waals surface area contributed by atoms with E-state index >= 15 is 0 Å². The standard InChI is InChI=1S/C20H23N5O3S/c1-4-28-19(27)18-12(2)13-7-5-6-8-14(13)22-15(18)11-29-20-24-23-17(25(20)3)10-9-16(21)26/h5-8H,4,9-11H2,1-3H3,(H2,21,26). The number of carbonyl (C=O) groups is 2. The van der Waals surface area contributed by atoms with E-state index in [0.29, 0.717) is 41.0 Å². The van der Waals surface area contributed by atoms with Gasteiger partial charge >= 0.3 is 5.97 Å². The molecule has 8 nitrogen and oxygen atoms in total. The number of esters is 1. The Labute approximate surface area is 172 Å². The van der Waals surface area contributed by atoms with Gasteiger partial charge in [-0.25, -0.2) is 4.79 Å². The van der Waals surface area contributed by atoms with Crippen LogP contribution < -0.4 is 5.73 Å². The van der Waals surface area contributed by atoms with E-state index in [9.17, 15) is 9.59 Å². The largest absolute Gasteiger partial charge is 0.462 e. The lowest BCUT2D eigenvalue weighted by atomic mass is 10.0. The zero-order valence-corrected chi connectivity index (χ0v) is 17.5. The number of rotatable bonds is 8. The summed E-state index contributed by atoms with van der Waals surface area (Å²) in [5, 5.41) is 9.91. The van der Waals surface area contributed by atoms with Crippen LogP contribution in [0.1, 0.15) is 40.8 Å². The zero-order chi connectivity index (χ0) is 21.0. The van der Waals surface area contributed by atoms with Crippen LogP contribution in [0.25, 0.3) is 10.9 Å². The normalized spacial score (nSPS) is 11.0. The predicted molar refractivity (Wildman–Crippen MR) is 111 cm³/mol. The number of amides is 1. The Kier molecular flexibility index (Phi) is 6.48. The minimum absolute atomic E-state index is 0.217. The summed E-state index contributed by atoms with van der Waals surface area (Å²) in [5.74, 6) is 0.359. The number of nitrogens with zero attached hydrogens (tertiary/aromatic N) is 4. The summed E-state index contributed by atoms with van der Waals surface area (Å²) in [6.45, 7) is 3.99. The Bertz CT molecular complexity index is 1060. The number of nitrogens with two attached hydrogens (primary N) is 1. The average molecular weight is 414 g/mol. The quantitative estimate of drug-likeness (QED) is 0.446. The van der Waals surface area contributed by atoms with Crippen LogP contribution >= 0.6 is 11.8 Å². The highest BCUT2D eigenvalue weighted by Crippen LogP contribution is 2.28. The minimum atomic E-state index is -0.378. The van der Waals surface area contributed by atoms with Crippen LogP contribution in [-0.2, 0) is 28.8 Å². The summed E-state index contributed by atoms with van der Waals surface area (Å²) in [4.78, 5) is 28.3. The van der Waals surface area contributed by atoms with Crippen LogP contribution in [0.15, 0.2) is 29.4 Å². The van der Waals surface area contributed by atoms with Gasteiger partial charge in [-0.05, 0) is 25.5 Å². The first-order valence-corrected chi connectivity index (χ1v) is 10.3. The van der Waals surface area contributed by atoms with Gasteiger partial charge in [-0.15, -0.1) is 10.2 Å². The Morgan fingerprint density at radius 1 is 1.24 bits per heavy atom. The van der Waals surface area contributed by atoms with Gasteiger partial charge in [0.05, 0.1) is 23.4 Å². The summed E-state index contributed by atoms with van der Waals surface area (Å²) >= 11 is 1.43. The van der Waals surface area contributed by atoms with Crippen LogP contribution in [0.2, 0.25) is 0 Å². The lowest BCUT2D eigenvalue weighted by Crippen LogP contribution is -2.13. The fraction of sp³-hybridized carbons (Fsp3) is 0.350. The number of ether oxygens (including phenoxy) is 1. The van der Waals surface area contributed by atoms with Crippen molar-refractivity contribution in [2.75, 3.05) is 6.61 Å². The van der Waals surface area contributed by atoms with Crippen molar-refractivity contribution >= 4 is 34.5 Å². The Balaban J connectivity index is 1.90. The minimum Gasteiger partial charge on any atom is -0.462 e. The molecule has 0 aliphatic carbocycles. The molecule has 0 aliphatic rings. The monoisotopic (exact) mass is 413 g/mol. The number of pyridine rings is 1. The van der Waals surface area contributed by atoms with E-state index in [1.165, 1.54) is 11.8 Å². The van der Waals surface area contributed by atoms with Crippen molar-refractivity contribution in [3.05, 3.63) is 46.9 Å². The first-order valence-electron chi connectivity index (χ1n) is 9.27. The number of primary amides is 1. The van der Waals surface area contributed by atoms with E-state index in [-0.39, 0.29) is 18.3 Å². The molecule has 3 aromatic rings. The molecule has 3 rings (SSSR count). The summed E-state index contributed by atoms with van der Waals surface area (Å²) in [6.07, 6.45) is 0.649. The third kappa shape index (κ3) is 4.56. The lowest BCUT2D eigenvalue weighted by molar-refractivity contribution is -0.118. The van der Waals surface area contributed by atoms with Gasteiger partial charge in [0.15, 0.2) is 5.16 Å². The molecule has 0 spiro atoms. The van der Waals surface area contributed by atoms with Crippen LogP contribution in [0.4, 0.5) is 0 Å². The average Bonchev–Trinajstić information content (AvgIpc) is 3.04. The smallest absolute Gasteiger partial charge is 0.340 e. The van der Waals surface area contributed by atoms with Gasteiger partial charge in [0.2, 0.25) is 5.91 Å².